The van der Waals surface area contributed by atoms with Crippen LogP contribution in [0.1, 0.15) is 46.0 Å². The third-order valence-electron chi connectivity index (χ3n) is 4.12. The van der Waals surface area contributed by atoms with Crippen LogP contribution in [0.25, 0.3) is 0 Å². The molecular formula is C15H30N2O. The molecule has 0 aromatic heterocycles. The van der Waals surface area contributed by atoms with E-state index >= 15 is 0 Å². The van der Waals surface area contributed by atoms with E-state index in [1.54, 1.807) is 0 Å². The summed E-state index contributed by atoms with van der Waals surface area (Å²) >= 11 is 0. The van der Waals surface area contributed by atoms with Crippen molar-refractivity contribution in [2.45, 2.75) is 58.1 Å². The Morgan fingerprint density at radius 2 is 1.94 bits per heavy atom. The molecule has 0 aromatic carbocycles. The Morgan fingerprint density at radius 3 is 2.56 bits per heavy atom. The van der Waals surface area contributed by atoms with Crippen molar-refractivity contribution >= 4 is 0 Å². The van der Waals surface area contributed by atoms with Crippen molar-refractivity contribution in [2.75, 3.05) is 32.8 Å². The number of hydrogen-bond donors (Lipinski definition) is 1. The lowest BCUT2D eigenvalue weighted by molar-refractivity contribution is 0.0138. The van der Waals surface area contributed by atoms with Gasteiger partial charge < -0.3 is 15.0 Å². The molecule has 106 valence electrons. The van der Waals surface area contributed by atoms with E-state index in [-0.39, 0.29) is 0 Å². The zero-order valence-electron chi connectivity index (χ0n) is 12.2. The molecule has 0 aromatic rings. The minimum Gasteiger partial charge on any atom is -0.377 e. The summed E-state index contributed by atoms with van der Waals surface area (Å²) in [5, 5.41) is 3.71. The molecule has 18 heavy (non-hydrogen) atoms. The molecule has 0 bridgehead atoms. The second-order valence-electron chi connectivity index (χ2n) is 6.37. The van der Waals surface area contributed by atoms with Gasteiger partial charge in [-0.3, -0.25) is 0 Å². The summed E-state index contributed by atoms with van der Waals surface area (Å²) in [6.45, 7) is 10.4. The molecule has 1 unspecified atom stereocenters. The lowest BCUT2D eigenvalue weighted by atomic mass is 10.0. The van der Waals surface area contributed by atoms with E-state index in [2.05, 4.69) is 24.1 Å². The lowest BCUT2D eigenvalue weighted by Gasteiger charge is -2.34. The van der Waals surface area contributed by atoms with Gasteiger partial charge in [0.2, 0.25) is 0 Å². The van der Waals surface area contributed by atoms with E-state index in [4.69, 9.17) is 4.74 Å². The highest BCUT2D eigenvalue weighted by Crippen LogP contribution is 2.15. The maximum absolute atomic E-state index is 5.77. The molecule has 2 fully saturated rings. The zero-order chi connectivity index (χ0) is 12.8. The summed E-state index contributed by atoms with van der Waals surface area (Å²) in [5.74, 6) is 0.796. The van der Waals surface area contributed by atoms with E-state index in [1.165, 1.54) is 51.7 Å². The Kier molecular flexibility index (Phi) is 5.93. The number of nitrogens with zero attached hydrogens (tertiary/aromatic N) is 1. The van der Waals surface area contributed by atoms with Crippen molar-refractivity contribution in [3.63, 3.8) is 0 Å². The molecule has 3 nitrogen and oxygen atoms in total. The van der Waals surface area contributed by atoms with Gasteiger partial charge in [-0.15, -0.1) is 0 Å². The molecule has 1 atom stereocenters. The SMILES string of the molecule is CC(C)CN1CCC(NCC2CCCCO2)CC1. The van der Waals surface area contributed by atoms with Crippen LogP contribution in [0.2, 0.25) is 0 Å². The molecule has 0 spiro atoms. The maximum atomic E-state index is 5.77. The van der Waals surface area contributed by atoms with Crippen LogP contribution < -0.4 is 5.32 Å². The van der Waals surface area contributed by atoms with Gasteiger partial charge in [-0.2, -0.15) is 0 Å². The van der Waals surface area contributed by atoms with E-state index < -0.39 is 0 Å². The monoisotopic (exact) mass is 254 g/mol. The fourth-order valence-electron chi connectivity index (χ4n) is 3.10. The van der Waals surface area contributed by atoms with Gasteiger partial charge >= 0.3 is 0 Å². The molecule has 2 saturated heterocycles. The van der Waals surface area contributed by atoms with Crippen molar-refractivity contribution in [3.05, 3.63) is 0 Å². The van der Waals surface area contributed by atoms with Crippen molar-refractivity contribution in [1.29, 1.82) is 0 Å². The molecule has 2 heterocycles. The van der Waals surface area contributed by atoms with Gasteiger partial charge in [0.15, 0.2) is 0 Å². The Morgan fingerprint density at radius 1 is 1.17 bits per heavy atom. The van der Waals surface area contributed by atoms with E-state index in [0.29, 0.717) is 6.10 Å². The fourth-order valence-corrected chi connectivity index (χ4v) is 3.10. The minimum absolute atomic E-state index is 0.479. The molecule has 2 aliphatic heterocycles. The average Bonchev–Trinajstić information content (AvgIpc) is 2.38. The zero-order valence-corrected chi connectivity index (χ0v) is 12.2. The second-order valence-corrected chi connectivity index (χ2v) is 6.37. The first kappa shape index (κ1) is 14.3. The van der Waals surface area contributed by atoms with Crippen LogP contribution in [0, 0.1) is 5.92 Å². The van der Waals surface area contributed by atoms with Crippen molar-refractivity contribution < 1.29 is 4.74 Å². The number of piperidine rings is 1. The molecule has 2 rings (SSSR count). The van der Waals surface area contributed by atoms with Crippen LogP contribution >= 0.6 is 0 Å². The Labute approximate surface area is 112 Å². The van der Waals surface area contributed by atoms with Gasteiger partial charge in [0.25, 0.3) is 0 Å². The largest absolute Gasteiger partial charge is 0.377 e. The average molecular weight is 254 g/mol. The first-order valence-corrected chi connectivity index (χ1v) is 7.81. The van der Waals surface area contributed by atoms with E-state index in [9.17, 15) is 0 Å². The van der Waals surface area contributed by atoms with Crippen LogP contribution in [0.15, 0.2) is 0 Å². The highest BCUT2D eigenvalue weighted by molar-refractivity contribution is 4.79. The summed E-state index contributed by atoms with van der Waals surface area (Å²) in [5.41, 5.74) is 0. The van der Waals surface area contributed by atoms with Gasteiger partial charge in [0.1, 0.15) is 0 Å². The third kappa shape index (κ3) is 4.87. The van der Waals surface area contributed by atoms with Gasteiger partial charge in [0, 0.05) is 25.7 Å². The summed E-state index contributed by atoms with van der Waals surface area (Å²) in [6.07, 6.45) is 6.94. The first-order chi connectivity index (χ1) is 8.74. The van der Waals surface area contributed by atoms with E-state index in [0.717, 1.165) is 25.1 Å². The van der Waals surface area contributed by atoms with Gasteiger partial charge in [-0.1, -0.05) is 13.8 Å². The van der Waals surface area contributed by atoms with Crippen molar-refractivity contribution in [3.8, 4) is 0 Å². The van der Waals surface area contributed by atoms with Crippen LogP contribution in [-0.2, 0) is 4.74 Å². The normalized spacial score (nSPS) is 27.8. The Bertz CT molecular complexity index is 219. The van der Waals surface area contributed by atoms with Gasteiger partial charge in [-0.25, -0.2) is 0 Å². The van der Waals surface area contributed by atoms with Gasteiger partial charge in [0.05, 0.1) is 6.10 Å². The standard InChI is InChI=1S/C15H30N2O/c1-13(2)12-17-8-6-14(7-9-17)16-11-15-5-3-4-10-18-15/h13-16H,3-12H2,1-2H3. The predicted molar refractivity (Wildman–Crippen MR) is 75.9 cm³/mol. The number of hydrogen-bond acceptors (Lipinski definition) is 3. The third-order valence-corrected chi connectivity index (χ3v) is 4.12. The van der Waals surface area contributed by atoms with Crippen LogP contribution in [0.4, 0.5) is 0 Å². The molecule has 0 amide bonds. The molecule has 1 N–H and O–H groups in total. The first-order valence-electron chi connectivity index (χ1n) is 7.81. The number of likely N-dealkylation sites (tertiary alicyclic amines) is 1. The molecule has 3 heteroatoms. The number of rotatable bonds is 5. The minimum atomic E-state index is 0.479. The van der Waals surface area contributed by atoms with Crippen LogP contribution in [0.5, 0.6) is 0 Å². The summed E-state index contributed by atoms with van der Waals surface area (Å²) < 4.78 is 5.77. The summed E-state index contributed by atoms with van der Waals surface area (Å²) in [7, 11) is 0. The maximum Gasteiger partial charge on any atom is 0.0699 e. The molecule has 0 aliphatic carbocycles. The van der Waals surface area contributed by atoms with Crippen molar-refractivity contribution in [1.82, 2.24) is 10.2 Å². The predicted octanol–water partition coefficient (Wildman–Crippen LogP) is 2.27. The van der Waals surface area contributed by atoms with Crippen molar-refractivity contribution in [2.24, 2.45) is 5.92 Å². The molecule has 0 saturated carbocycles. The fraction of sp³-hybridized carbons (Fsp3) is 1.00. The molecular weight excluding hydrogens is 224 g/mol. The number of nitrogens with one attached hydrogen (secondary N) is 1. The van der Waals surface area contributed by atoms with Crippen LogP contribution in [0.3, 0.4) is 0 Å². The Hall–Kier alpha value is -0.120. The highest BCUT2D eigenvalue weighted by atomic mass is 16.5. The summed E-state index contributed by atoms with van der Waals surface area (Å²) in [4.78, 5) is 2.61. The smallest absolute Gasteiger partial charge is 0.0699 e. The van der Waals surface area contributed by atoms with Crippen LogP contribution in [-0.4, -0.2) is 49.8 Å². The quantitative estimate of drug-likeness (QED) is 0.814. The topological polar surface area (TPSA) is 24.5 Å². The molecule has 2 aliphatic rings. The lowest BCUT2D eigenvalue weighted by Crippen LogP contribution is -2.46. The number of ether oxygens (including phenoxy) is 1. The summed E-state index contributed by atoms with van der Waals surface area (Å²) in [6, 6.07) is 0.721. The van der Waals surface area contributed by atoms with E-state index in [1.807, 2.05) is 0 Å². The highest BCUT2D eigenvalue weighted by Gasteiger charge is 2.21. The second kappa shape index (κ2) is 7.46. The van der Waals surface area contributed by atoms with Gasteiger partial charge in [-0.05, 0) is 51.1 Å². The molecule has 0 radical (unpaired) electrons. The Balaban J connectivity index is 1.58.